The third-order valence-corrected chi connectivity index (χ3v) is 6.30. The molecule has 5 heteroatoms. The average Bonchev–Trinajstić information content (AvgIpc) is 3.05. The van der Waals surface area contributed by atoms with Gasteiger partial charge in [0.2, 0.25) is 0 Å². The maximum absolute atomic E-state index is 12.9. The summed E-state index contributed by atoms with van der Waals surface area (Å²) in [4.78, 5) is 17.9. The van der Waals surface area contributed by atoms with Crippen molar-refractivity contribution in [3.05, 3.63) is 34.3 Å². The molecule has 1 aliphatic carbocycles. The van der Waals surface area contributed by atoms with Crippen LogP contribution < -0.4 is 0 Å². The van der Waals surface area contributed by atoms with Gasteiger partial charge in [-0.2, -0.15) is 0 Å². The van der Waals surface area contributed by atoms with Crippen LogP contribution in [0.25, 0.3) is 0 Å². The summed E-state index contributed by atoms with van der Waals surface area (Å²) in [5, 5.41) is 0. The van der Waals surface area contributed by atoms with Gasteiger partial charge >= 0.3 is 0 Å². The highest BCUT2D eigenvalue weighted by atomic mass is 79.9. The molecule has 1 aliphatic heterocycles. The number of hydrogen-bond acceptors (Lipinski definition) is 2. The van der Waals surface area contributed by atoms with E-state index in [1.807, 2.05) is 0 Å². The van der Waals surface area contributed by atoms with Crippen LogP contribution in [0.4, 0.5) is 0 Å². The molecule has 3 nitrogen and oxygen atoms in total. The van der Waals surface area contributed by atoms with E-state index in [4.69, 9.17) is 4.99 Å². The first-order valence-electron chi connectivity index (χ1n) is 8.40. The highest BCUT2D eigenvalue weighted by molar-refractivity contribution is 9.10. The summed E-state index contributed by atoms with van der Waals surface area (Å²) >= 11 is 6.93. The standard InChI is InChI=1S/C18H22Br2N2O/c1-2-3-6-16-21-18(17(23)22(16)20)11-4-5-14(18)12-13-7-9-15(19)10-8-13/h7-10,14H,2-6,11-12H2,1H3. The normalized spacial score (nSPS) is 27.1. The van der Waals surface area contributed by atoms with Crippen LogP contribution >= 0.6 is 32.1 Å². The van der Waals surface area contributed by atoms with E-state index in [1.165, 1.54) is 5.56 Å². The Morgan fingerprint density at radius 1 is 1.35 bits per heavy atom. The molecule has 23 heavy (non-hydrogen) atoms. The molecule has 0 saturated heterocycles. The van der Waals surface area contributed by atoms with Crippen LogP contribution in [0.1, 0.15) is 51.0 Å². The van der Waals surface area contributed by atoms with Crippen LogP contribution in [0, 0.1) is 5.92 Å². The number of carbonyl (C=O) groups excluding carboxylic acids is 1. The smallest absolute Gasteiger partial charge is 0.266 e. The quantitative estimate of drug-likeness (QED) is 0.572. The summed E-state index contributed by atoms with van der Waals surface area (Å²) < 4.78 is 2.73. The summed E-state index contributed by atoms with van der Waals surface area (Å²) in [7, 11) is 0. The van der Waals surface area contributed by atoms with Gasteiger partial charge in [-0.25, -0.2) is 3.93 Å². The van der Waals surface area contributed by atoms with Gasteiger partial charge in [0.15, 0.2) is 0 Å². The van der Waals surface area contributed by atoms with Gasteiger partial charge in [0.05, 0.1) is 16.1 Å². The van der Waals surface area contributed by atoms with Gasteiger partial charge < -0.3 is 0 Å². The highest BCUT2D eigenvalue weighted by Gasteiger charge is 2.54. The molecule has 124 valence electrons. The van der Waals surface area contributed by atoms with E-state index < -0.39 is 5.54 Å². The Bertz CT molecular complexity index is 614. The van der Waals surface area contributed by atoms with Crippen molar-refractivity contribution in [3.8, 4) is 0 Å². The lowest BCUT2D eigenvalue weighted by molar-refractivity contribution is -0.128. The summed E-state index contributed by atoms with van der Waals surface area (Å²) in [5.41, 5.74) is 0.755. The maximum Gasteiger partial charge on any atom is 0.266 e. The van der Waals surface area contributed by atoms with Crippen LogP contribution in [0.15, 0.2) is 33.7 Å². The Balaban J connectivity index is 1.83. The first kappa shape index (κ1) is 17.2. The van der Waals surface area contributed by atoms with Gasteiger partial charge in [0.25, 0.3) is 5.91 Å². The van der Waals surface area contributed by atoms with E-state index in [9.17, 15) is 4.79 Å². The van der Waals surface area contributed by atoms with Crippen molar-refractivity contribution in [2.75, 3.05) is 0 Å². The van der Waals surface area contributed by atoms with Crippen LogP contribution in [0.2, 0.25) is 0 Å². The monoisotopic (exact) mass is 440 g/mol. The Kier molecular flexibility index (Phi) is 5.26. The fourth-order valence-electron chi connectivity index (χ4n) is 3.76. The highest BCUT2D eigenvalue weighted by Crippen LogP contribution is 2.46. The van der Waals surface area contributed by atoms with Gasteiger partial charge in [-0.05, 0) is 49.3 Å². The van der Waals surface area contributed by atoms with Gasteiger partial charge in [-0.15, -0.1) is 0 Å². The molecule has 1 amide bonds. The van der Waals surface area contributed by atoms with E-state index in [0.29, 0.717) is 5.92 Å². The summed E-state index contributed by atoms with van der Waals surface area (Å²) in [6, 6.07) is 8.42. The molecular formula is C18H22Br2N2O. The van der Waals surface area contributed by atoms with Crippen molar-refractivity contribution < 1.29 is 4.79 Å². The van der Waals surface area contributed by atoms with Crippen molar-refractivity contribution in [2.45, 2.75) is 57.4 Å². The van der Waals surface area contributed by atoms with E-state index in [-0.39, 0.29) is 5.91 Å². The topological polar surface area (TPSA) is 32.7 Å². The SMILES string of the molecule is CCCCC1=NC2(CCCC2Cc2ccc(Br)cc2)C(=O)N1Br. The molecule has 2 aliphatic rings. The van der Waals surface area contributed by atoms with Gasteiger partial charge in [0.1, 0.15) is 11.4 Å². The predicted octanol–water partition coefficient (Wildman–Crippen LogP) is 5.27. The molecule has 1 heterocycles. The Morgan fingerprint density at radius 3 is 2.78 bits per heavy atom. The Morgan fingerprint density at radius 2 is 2.09 bits per heavy atom. The number of hydrogen-bond donors (Lipinski definition) is 0. The second kappa shape index (κ2) is 7.06. The predicted molar refractivity (Wildman–Crippen MR) is 101 cm³/mol. The number of amides is 1. The van der Waals surface area contributed by atoms with Crippen molar-refractivity contribution in [2.24, 2.45) is 10.9 Å². The molecule has 0 bridgehead atoms. The zero-order valence-electron chi connectivity index (χ0n) is 13.4. The molecule has 1 fully saturated rings. The molecule has 1 aromatic carbocycles. The van der Waals surface area contributed by atoms with E-state index in [2.05, 4.69) is 63.3 Å². The largest absolute Gasteiger partial charge is 0.271 e. The Hall–Kier alpha value is -0.680. The molecule has 1 aromatic rings. The minimum Gasteiger partial charge on any atom is -0.271 e. The third-order valence-electron chi connectivity index (χ3n) is 5.04. The molecule has 1 spiro atoms. The van der Waals surface area contributed by atoms with Crippen LogP contribution in [0.5, 0.6) is 0 Å². The number of benzene rings is 1. The summed E-state index contributed by atoms with van der Waals surface area (Å²) in [6.07, 6.45) is 7.02. The number of carbonyl (C=O) groups is 1. The molecule has 1 saturated carbocycles. The first-order valence-corrected chi connectivity index (χ1v) is 9.90. The zero-order valence-corrected chi connectivity index (χ0v) is 16.6. The number of nitrogens with zero attached hydrogens (tertiary/aromatic N) is 2. The maximum atomic E-state index is 12.9. The summed E-state index contributed by atoms with van der Waals surface area (Å²) in [6.45, 7) is 2.16. The molecule has 0 N–H and O–H groups in total. The fraction of sp³-hybridized carbons (Fsp3) is 0.556. The molecule has 0 aromatic heterocycles. The van der Waals surface area contributed by atoms with Crippen LogP contribution in [-0.2, 0) is 11.2 Å². The van der Waals surface area contributed by atoms with Gasteiger partial charge in [-0.3, -0.25) is 9.79 Å². The lowest BCUT2D eigenvalue weighted by Gasteiger charge is -2.26. The van der Waals surface area contributed by atoms with Crippen molar-refractivity contribution in [1.29, 1.82) is 0 Å². The van der Waals surface area contributed by atoms with Gasteiger partial charge in [0, 0.05) is 10.9 Å². The Labute approximate surface area is 155 Å². The molecule has 2 unspecified atom stereocenters. The minimum atomic E-state index is -0.528. The van der Waals surface area contributed by atoms with E-state index >= 15 is 0 Å². The van der Waals surface area contributed by atoms with E-state index in [0.717, 1.165) is 55.3 Å². The molecule has 2 atom stereocenters. The first-order chi connectivity index (χ1) is 11.1. The van der Waals surface area contributed by atoms with Crippen LogP contribution in [0.3, 0.4) is 0 Å². The number of aliphatic imine (C=N–C) groups is 1. The molecular weight excluding hydrogens is 420 g/mol. The molecule has 3 rings (SSSR count). The van der Waals surface area contributed by atoms with Crippen molar-refractivity contribution in [1.82, 2.24) is 3.93 Å². The second-order valence-electron chi connectivity index (χ2n) is 6.56. The number of halogens is 2. The zero-order chi connectivity index (χ0) is 16.4. The molecule has 0 radical (unpaired) electrons. The number of unbranched alkanes of at least 4 members (excludes halogenated alkanes) is 1. The fourth-order valence-corrected chi connectivity index (χ4v) is 4.59. The van der Waals surface area contributed by atoms with Crippen molar-refractivity contribution >= 4 is 43.8 Å². The lowest BCUT2D eigenvalue weighted by Crippen LogP contribution is -2.42. The third kappa shape index (κ3) is 3.27. The van der Waals surface area contributed by atoms with Crippen LogP contribution in [-0.4, -0.2) is 21.2 Å². The van der Waals surface area contributed by atoms with E-state index in [1.54, 1.807) is 3.93 Å². The average molecular weight is 442 g/mol. The summed E-state index contributed by atoms with van der Waals surface area (Å²) in [5.74, 6) is 1.36. The van der Waals surface area contributed by atoms with Gasteiger partial charge in [-0.1, -0.05) is 47.8 Å². The second-order valence-corrected chi connectivity index (χ2v) is 8.19. The number of amidine groups is 1. The number of rotatable bonds is 5. The minimum absolute atomic E-state index is 0.142. The van der Waals surface area contributed by atoms with Crippen molar-refractivity contribution in [3.63, 3.8) is 0 Å². The lowest BCUT2D eigenvalue weighted by atomic mass is 9.83.